The van der Waals surface area contributed by atoms with Gasteiger partial charge in [-0.2, -0.15) is 5.10 Å². The second kappa shape index (κ2) is 9.58. The van der Waals surface area contributed by atoms with Crippen LogP contribution in [0.3, 0.4) is 0 Å². The molecule has 0 N–H and O–H groups in total. The number of hydrogen-bond donors (Lipinski definition) is 0. The molecule has 6 nitrogen and oxygen atoms in total. The highest BCUT2D eigenvalue weighted by atomic mass is 32.1. The molecule has 2 amide bonds. The molecular weight excluding hydrogens is 434 g/mol. The zero-order chi connectivity index (χ0) is 22.6. The average Bonchev–Trinajstić information content (AvgIpc) is 3.64. The van der Waals surface area contributed by atoms with Crippen molar-refractivity contribution in [2.24, 2.45) is 5.10 Å². The van der Waals surface area contributed by atoms with Crippen LogP contribution in [0.5, 0.6) is 5.75 Å². The molecule has 1 fully saturated rings. The molecule has 2 aliphatic rings. The predicted octanol–water partition coefficient (Wildman–Crippen LogP) is 4.74. The van der Waals surface area contributed by atoms with Crippen molar-refractivity contribution < 1.29 is 14.3 Å². The fraction of sp³-hybridized carbons (Fsp3) is 0.269. The summed E-state index contributed by atoms with van der Waals surface area (Å²) in [4.78, 5) is 28.1. The maximum atomic E-state index is 13.3. The van der Waals surface area contributed by atoms with E-state index in [-0.39, 0.29) is 24.5 Å². The van der Waals surface area contributed by atoms with Crippen LogP contribution in [0.25, 0.3) is 0 Å². The van der Waals surface area contributed by atoms with Crippen molar-refractivity contribution in [1.82, 2.24) is 9.91 Å². The molecule has 1 saturated heterocycles. The van der Waals surface area contributed by atoms with E-state index in [1.54, 1.807) is 5.01 Å². The van der Waals surface area contributed by atoms with Crippen LogP contribution < -0.4 is 4.74 Å². The summed E-state index contributed by atoms with van der Waals surface area (Å²) in [5, 5.41) is 8.21. The number of ether oxygens (including phenoxy) is 1. The van der Waals surface area contributed by atoms with Gasteiger partial charge in [-0.3, -0.25) is 9.59 Å². The van der Waals surface area contributed by atoms with Crippen LogP contribution in [0.2, 0.25) is 0 Å². The molecule has 1 atom stereocenters. The van der Waals surface area contributed by atoms with E-state index in [0.29, 0.717) is 17.0 Å². The number of amides is 2. The molecule has 168 valence electrons. The van der Waals surface area contributed by atoms with Gasteiger partial charge in [0, 0.05) is 19.5 Å². The number of thiophene rings is 1. The Morgan fingerprint density at radius 3 is 2.58 bits per heavy atom. The summed E-state index contributed by atoms with van der Waals surface area (Å²) >= 11 is 1.41. The van der Waals surface area contributed by atoms with Crippen molar-refractivity contribution in [2.75, 3.05) is 19.7 Å². The van der Waals surface area contributed by atoms with Gasteiger partial charge in [0.1, 0.15) is 5.75 Å². The van der Waals surface area contributed by atoms with Crippen molar-refractivity contribution in [2.45, 2.75) is 25.3 Å². The number of nitrogens with zero attached hydrogens (tertiary/aromatic N) is 3. The zero-order valence-electron chi connectivity index (χ0n) is 18.2. The normalized spacial score (nSPS) is 17.8. The molecule has 5 rings (SSSR count). The molecule has 1 unspecified atom stereocenters. The Labute approximate surface area is 197 Å². The Morgan fingerprint density at radius 1 is 1.00 bits per heavy atom. The maximum Gasteiger partial charge on any atom is 0.284 e. The molecule has 0 radical (unpaired) electrons. The molecule has 7 heteroatoms. The first-order valence-corrected chi connectivity index (χ1v) is 12.1. The Bertz CT molecular complexity index is 1150. The molecule has 0 aliphatic carbocycles. The average molecular weight is 460 g/mol. The van der Waals surface area contributed by atoms with E-state index in [0.717, 1.165) is 42.8 Å². The third-order valence-electron chi connectivity index (χ3n) is 6.02. The van der Waals surface area contributed by atoms with Crippen molar-refractivity contribution in [3.63, 3.8) is 0 Å². The third kappa shape index (κ3) is 4.68. The van der Waals surface area contributed by atoms with E-state index in [1.807, 2.05) is 77.0 Å². The highest BCUT2D eigenvalue weighted by Gasteiger charge is 2.34. The van der Waals surface area contributed by atoms with Gasteiger partial charge in [0.15, 0.2) is 6.61 Å². The second-order valence-corrected chi connectivity index (χ2v) is 9.16. The molecule has 3 aromatic rings. The SMILES string of the molecule is O=C(COc1cccc(C2CC(c3ccccc3)=NN2C(=O)c2cccs2)c1)N1CCCC1. The monoisotopic (exact) mass is 459 g/mol. The van der Waals surface area contributed by atoms with Crippen LogP contribution in [-0.4, -0.2) is 47.1 Å². The minimum Gasteiger partial charge on any atom is -0.484 e. The van der Waals surface area contributed by atoms with Crippen molar-refractivity contribution in [3.05, 3.63) is 88.1 Å². The number of carbonyl (C=O) groups excluding carboxylic acids is 2. The van der Waals surface area contributed by atoms with Crippen LogP contribution in [0, 0.1) is 0 Å². The number of rotatable bonds is 6. The Balaban J connectivity index is 1.37. The minimum atomic E-state index is -0.243. The van der Waals surface area contributed by atoms with Crippen LogP contribution in [0.4, 0.5) is 0 Å². The van der Waals surface area contributed by atoms with Gasteiger partial charge in [0.2, 0.25) is 0 Å². The Hall–Kier alpha value is -3.45. The molecule has 0 spiro atoms. The first-order chi connectivity index (χ1) is 16.2. The van der Waals surface area contributed by atoms with E-state index in [1.165, 1.54) is 11.3 Å². The van der Waals surface area contributed by atoms with Gasteiger partial charge in [0.25, 0.3) is 11.8 Å². The highest BCUT2D eigenvalue weighted by molar-refractivity contribution is 7.12. The topological polar surface area (TPSA) is 62.2 Å². The molecule has 2 aliphatic heterocycles. The quantitative estimate of drug-likeness (QED) is 0.535. The van der Waals surface area contributed by atoms with Crippen molar-refractivity contribution >= 4 is 28.9 Å². The summed E-state index contributed by atoms with van der Waals surface area (Å²) in [5.74, 6) is 0.524. The summed E-state index contributed by atoms with van der Waals surface area (Å²) in [5.41, 5.74) is 2.81. The zero-order valence-corrected chi connectivity index (χ0v) is 19.0. The van der Waals surface area contributed by atoms with Gasteiger partial charge < -0.3 is 9.64 Å². The van der Waals surface area contributed by atoms with Gasteiger partial charge in [-0.15, -0.1) is 11.3 Å². The number of hydrazone groups is 1. The minimum absolute atomic E-state index is 0.0166. The summed E-state index contributed by atoms with van der Waals surface area (Å²) in [7, 11) is 0. The Kier molecular flexibility index (Phi) is 6.21. The molecule has 33 heavy (non-hydrogen) atoms. The molecule has 3 heterocycles. The highest BCUT2D eigenvalue weighted by Crippen LogP contribution is 2.35. The van der Waals surface area contributed by atoms with E-state index in [4.69, 9.17) is 9.84 Å². The van der Waals surface area contributed by atoms with Crippen LogP contribution >= 0.6 is 11.3 Å². The first-order valence-electron chi connectivity index (χ1n) is 11.2. The summed E-state index contributed by atoms with van der Waals surface area (Å²) in [6, 6.07) is 21.0. The molecule has 0 bridgehead atoms. The smallest absolute Gasteiger partial charge is 0.284 e. The lowest BCUT2D eigenvalue weighted by Crippen LogP contribution is -2.32. The molecular formula is C26H25N3O3S. The van der Waals surface area contributed by atoms with Gasteiger partial charge in [-0.1, -0.05) is 48.5 Å². The van der Waals surface area contributed by atoms with Gasteiger partial charge >= 0.3 is 0 Å². The molecule has 2 aromatic carbocycles. The van der Waals surface area contributed by atoms with Crippen LogP contribution in [-0.2, 0) is 4.79 Å². The van der Waals surface area contributed by atoms with Gasteiger partial charge in [-0.25, -0.2) is 5.01 Å². The summed E-state index contributed by atoms with van der Waals surface area (Å²) in [6.45, 7) is 1.64. The Morgan fingerprint density at radius 2 is 1.82 bits per heavy atom. The van der Waals surface area contributed by atoms with E-state index < -0.39 is 0 Å². The van der Waals surface area contributed by atoms with E-state index in [9.17, 15) is 9.59 Å². The first kappa shape index (κ1) is 21.4. The third-order valence-corrected chi connectivity index (χ3v) is 6.88. The lowest BCUT2D eigenvalue weighted by molar-refractivity contribution is -0.132. The largest absolute Gasteiger partial charge is 0.484 e. The van der Waals surface area contributed by atoms with Gasteiger partial charge in [0.05, 0.1) is 16.6 Å². The maximum absolute atomic E-state index is 13.3. The van der Waals surface area contributed by atoms with Crippen molar-refractivity contribution in [3.8, 4) is 5.75 Å². The summed E-state index contributed by atoms with van der Waals surface area (Å²) in [6.07, 6.45) is 2.72. The van der Waals surface area contributed by atoms with E-state index in [2.05, 4.69) is 0 Å². The second-order valence-electron chi connectivity index (χ2n) is 8.21. The molecule has 1 aromatic heterocycles. The van der Waals surface area contributed by atoms with Gasteiger partial charge in [-0.05, 0) is 47.5 Å². The van der Waals surface area contributed by atoms with E-state index >= 15 is 0 Å². The fourth-order valence-corrected chi connectivity index (χ4v) is 4.95. The lowest BCUT2D eigenvalue weighted by Gasteiger charge is -2.22. The number of benzene rings is 2. The fourth-order valence-electron chi connectivity index (χ4n) is 4.29. The van der Waals surface area contributed by atoms with Crippen LogP contribution in [0.15, 0.2) is 77.2 Å². The number of carbonyl (C=O) groups is 2. The number of likely N-dealkylation sites (tertiary alicyclic amines) is 1. The number of hydrogen-bond acceptors (Lipinski definition) is 5. The predicted molar refractivity (Wildman–Crippen MR) is 129 cm³/mol. The molecule has 0 saturated carbocycles. The standard InChI is InChI=1S/C26H25N3O3S/c30-25(28-13-4-5-14-28)18-32-21-11-6-10-20(16-21)23-17-22(19-8-2-1-3-9-19)27-29(23)26(31)24-12-7-15-33-24/h1-3,6-12,15-16,23H,4-5,13-14,17-18H2. The van der Waals surface area contributed by atoms with Crippen LogP contribution in [0.1, 0.15) is 46.1 Å². The van der Waals surface area contributed by atoms with Crippen molar-refractivity contribution in [1.29, 1.82) is 0 Å². The summed E-state index contributed by atoms with van der Waals surface area (Å²) < 4.78 is 5.83. The lowest BCUT2D eigenvalue weighted by atomic mass is 9.98.